The van der Waals surface area contributed by atoms with Gasteiger partial charge in [-0.15, -0.1) is 12.4 Å². The molecule has 1 saturated carbocycles. The van der Waals surface area contributed by atoms with E-state index in [4.69, 9.17) is 10.5 Å². The zero-order chi connectivity index (χ0) is 14.6. The summed E-state index contributed by atoms with van der Waals surface area (Å²) in [5.74, 6) is 0.128. The lowest BCUT2D eigenvalue weighted by Gasteiger charge is -2.39. The fourth-order valence-corrected chi connectivity index (χ4v) is 3.28. The molecule has 3 atom stereocenters. The third-order valence-electron chi connectivity index (χ3n) is 5.02. The van der Waals surface area contributed by atoms with Gasteiger partial charge in [0.15, 0.2) is 0 Å². The second-order valence-corrected chi connectivity index (χ2v) is 6.61. The lowest BCUT2D eigenvalue weighted by atomic mass is 9.73. The normalized spacial score (nSPS) is 32.0. The van der Waals surface area contributed by atoms with Gasteiger partial charge in [-0.25, -0.2) is 0 Å². The van der Waals surface area contributed by atoms with Crippen molar-refractivity contribution < 1.29 is 14.6 Å². The van der Waals surface area contributed by atoms with E-state index in [2.05, 4.69) is 12.2 Å². The van der Waals surface area contributed by atoms with Crippen molar-refractivity contribution in [1.82, 2.24) is 5.32 Å². The standard InChI is InChI=1S/C15H28N2O3.ClH/c1-15(7-3-2-4-12(15)18)10-17-14(19)13(16)11-5-8-20-9-6-11;/h11-13,18H,2-10,16H2,1H3,(H,17,19);1H. The van der Waals surface area contributed by atoms with Crippen LogP contribution < -0.4 is 11.1 Å². The molecule has 2 aliphatic rings. The van der Waals surface area contributed by atoms with Crippen LogP contribution in [0.25, 0.3) is 0 Å². The molecule has 2 rings (SSSR count). The van der Waals surface area contributed by atoms with E-state index in [-0.39, 0.29) is 35.8 Å². The highest BCUT2D eigenvalue weighted by molar-refractivity contribution is 5.85. The summed E-state index contributed by atoms with van der Waals surface area (Å²) < 4.78 is 5.29. The Hall–Kier alpha value is -0.360. The van der Waals surface area contributed by atoms with E-state index in [1.54, 1.807) is 0 Å². The largest absolute Gasteiger partial charge is 0.392 e. The lowest BCUT2D eigenvalue weighted by molar-refractivity contribution is -0.125. The average Bonchev–Trinajstić information content (AvgIpc) is 2.48. The zero-order valence-electron chi connectivity index (χ0n) is 12.8. The van der Waals surface area contributed by atoms with Crippen molar-refractivity contribution in [3.05, 3.63) is 0 Å². The monoisotopic (exact) mass is 320 g/mol. The second kappa shape index (κ2) is 8.32. The fraction of sp³-hybridized carbons (Fsp3) is 0.933. The number of nitrogens with two attached hydrogens (primary N) is 1. The number of halogens is 1. The fourth-order valence-electron chi connectivity index (χ4n) is 3.28. The first-order chi connectivity index (χ1) is 9.53. The van der Waals surface area contributed by atoms with Gasteiger partial charge in [0.05, 0.1) is 12.1 Å². The number of hydrogen-bond donors (Lipinski definition) is 3. The Labute approximate surface area is 133 Å². The van der Waals surface area contributed by atoms with Crippen molar-refractivity contribution in [2.75, 3.05) is 19.8 Å². The molecule has 5 nitrogen and oxygen atoms in total. The maximum Gasteiger partial charge on any atom is 0.237 e. The number of amides is 1. The second-order valence-electron chi connectivity index (χ2n) is 6.61. The van der Waals surface area contributed by atoms with Gasteiger partial charge in [-0.1, -0.05) is 19.8 Å². The van der Waals surface area contributed by atoms with E-state index in [9.17, 15) is 9.90 Å². The maximum absolute atomic E-state index is 12.2. The minimum atomic E-state index is -0.455. The van der Waals surface area contributed by atoms with Gasteiger partial charge in [-0.3, -0.25) is 4.79 Å². The Bertz CT molecular complexity index is 337. The van der Waals surface area contributed by atoms with Crippen molar-refractivity contribution in [2.45, 2.75) is 57.6 Å². The molecule has 4 N–H and O–H groups in total. The summed E-state index contributed by atoms with van der Waals surface area (Å²) in [7, 11) is 0. The summed E-state index contributed by atoms with van der Waals surface area (Å²) in [6, 6.07) is -0.455. The molecule has 0 radical (unpaired) electrons. The predicted octanol–water partition coefficient (Wildman–Crippen LogP) is 1.22. The smallest absolute Gasteiger partial charge is 0.237 e. The third-order valence-corrected chi connectivity index (χ3v) is 5.02. The summed E-state index contributed by atoms with van der Waals surface area (Å²) in [6.07, 6.45) is 5.38. The first-order valence-electron chi connectivity index (χ1n) is 7.82. The Morgan fingerprint density at radius 2 is 2.05 bits per heavy atom. The molecule has 3 unspecified atom stereocenters. The highest BCUT2D eigenvalue weighted by Crippen LogP contribution is 2.35. The number of aliphatic hydroxyl groups is 1. The lowest BCUT2D eigenvalue weighted by Crippen LogP contribution is -2.51. The van der Waals surface area contributed by atoms with Gasteiger partial charge in [-0.05, 0) is 31.6 Å². The molecule has 124 valence electrons. The number of ether oxygens (including phenoxy) is 1. The highest BCUT2D eigenvalue weighted by Gasteiger charge is 2.36. The molecular weight excluding hydrogens is 292 g/mol. The number of carbonyl (C=O) groups is 1. The van der Waals surface area contributed by atoms with Crippen LogP contribution in [-0.4, -0.2) is 42.9 Å². The van der Waals surface area contributed by atoms with Crippen LogP contribution in [-0.2, 0) is 9.53 Å². The van der Waals surface area contributed by atoms with Gasteiger partial charge in [0, 0.05) is 25.2 Å². The number of nitrogens with one attached hydrogen (secondary N) is 1. The van der Waals surface area contributed by atoms with Crippen LogP contribution in [0.2, 0.25) is 0 Å². The molecule has 2 fully saturated rings. The SMILES string of the molecule is CC1(CNC(=O)C(N)C2CCOCC2)CCCCC1O.Cl. The van der Waals surface area contributed by atoms with E-state index in [1.807, 2.05) is 0 Å². The molecular formula is C15H29ClN2O3. The van der Waals surface area contributed by atoms with Crippen LogP contribution in [0.5, 0.6) is 0 Å². The molecule has 0 aromatic heterocycles. The van der Waals surface area contributed by atoms with E-state index in [0.29, 0.717) is 19.8 Å². The quantitative estimate of drug-likeness (QED) is 0.727. The van der Waals surface area contributed by atoms with Crippen molar-refractivity contribution >= 4 is 18.3 Å². The van der Waals surface area contributed by atoms with Crippen LogP contribution in [0.4, 0.5) is 0 Å². The summed E-state index contributed by atoms with van der Waals surface area (Å²) in [6.45, 7) is 3.96. The van der Waals surface area contributed by atoms with Gasteiger partial charge in [0.2, 0.25) is 5.91 Å². The molecule has 0 aromatic rings. The average molecular weight is 321 g/mol. The first kappa shape index (κ1) is 18.7. The zero-order valence-corrected chi connectivity index (χ0v) is 13.7. The summed E-state index contributed by atoms with van der Waals surface area (Å²) in [5, 5.41) is 13.1. The molecule has 0 aromatic carbocycles. The molecule has 1 heterocycles. The highest BCUT2D eigenvalue weighted by atomic mass is 35.5. The van der Waals surface area contributed by atoms with Crippen molar-refractivity contribution in [3.63, 3.8) is 0 Å². The topological polar surface area (TPSA) is 84.6 Å². The van der Waals surface area contributed by atoms with E-state index in [0.717, 1.165) is 38.5 Å². The van der Waals surface area contributed by atoms with Crippen LogP contribution in [0.1, 0.15) is 45.4 Å². The molecule has 1 amide bonds. The predicted molar refractivity (Wildman–Crippen MR) is 84.4 cm³/mol. The summed E-state index contributed by atoms with van der Waals surface area (Å²) in [4.78, 5) is 12.2. The molecule has 21 heavy (non-hydrogen) atoms. The molecule has 1 aliphatic heterocycles. The molecule has 1 aliphatic carbocycles. The van der Waals surface area contributed by atoms with Crippen LogP contribution in [0.15, 0.2) is 0 Å². The van der Waals surface area contributed by atoms with Crippen molar-refractivity contribution in [3.8, 4) is 0 Å². The van der Waals surface area contributed by atoms with Gasteiger partial charge in [0.25, 0.3) is 0 Å². The molecule has 0 spiro atoms. The minimum Gasteiger partial charge on any atom is -0.392 e. The van der Waals surface area contributed by atoms with Gasteiger partial charge >= 0.3 is 0 Å². The van der Waals surface area contributed by atoms with E-state index in [1.165, 1.54) is 0 Å². The number of carbonyl (C=O) groups excluding carboxylic acids is 1. The molecule has 0 bridgehead atoms. The minimum absolute atomic E-state index is 0. The Balaban J connectivity index is 0.00000220. The maximum atomic E-state index is 12.2. The molecule has 1 saturated heterocycles. The van der Waals surface area contributed by atoms with Crippen molar-refractivity contribution in [2.24, 2.45) is 17.1 Å². The Morgan fingerprint density at radius 1 is 1.38 bits per heavy atom. The molecule has 6 heteroatoms. The first-order valence-corrected chi connectivity index (χ1v) is 7.82. The number of aliphatic hydroxyl groups excluding tert-OH is 1. The van der Waals surface area contributed by atoms with Gasteiger partial charge < -0.3 is 20.9 Å². The van der Waals surface area contributed by atoms with E-state index < -0.39 is 6.04 Å². The number of rotatable bonds is 4. The van der Waals surface area contributed by atoms with Gasteiger partial charge in [-0.2, -0.15) is 0 Å². The Kier molecular flexibility index (Phi) is 7.40. The summed E-state index contributed by atoms with van der Waals surface area (Å²) in [5.41, 5.74) is 5.85. The number of hydrogen-bond acceptors (Lipinski definition) is 4. The van der Waals surface area contributed by atoms with E-state index >= 15 is 0 Å². The third kappa shape index (κ3) is 4.81. The van der Waals surface area contributed by atoms with Crippen LogP contribution in [0, 0.1) is 11.3 Å². The Morgan fingerprint density at radius 3 is 2.67 bits per heavy atom. The van der Waals surface area contributed by atoms with Crippen LogP contribution in [0.3, 0.4) is 0 Å². The summed E-state index contributed by atoms with van der Waals surface area (Å²) >= 11 is 0. The van der Waals surface area contributed by atoms with Crippen LogP contribution >= 0.6 is 12.4 Å². The van der Waals surface area contributed by atoms with Crippen molar-refractivity contribution in [1.29, 1.82) is 0 Å². The van der Waals surface area contributed by atoms with Gasteiger partial charge in [0.1, 0.15) is 0 Å².